The van der Waals surface area contributed by atoms with Crippen LogP contribution < -0.4 is 26.6 Å². The minimum absolute atomic E-state index is 0.0226. The molecule has 62 heavy (non-hydrogen) atoms. The minimum atomic E-state index is -0.978. The maximum atomic E-state index is 13.9. The average molecular weight is 871 g/mol. The van der Waals surface area contributed by atoms with Crippen LogP contribution in [0.1, 0.15) is 51.2 Å². The van der Waals surface area contributed by atoms with Gasteiger partial charge in [0.15, 0.2) is 5.82 Å². The maximum absolute atomic E-state index is 13.9. The number of para-hydroxylation sites is 1. The van der Waals surface area contributed by atoms with E-state index in [9.17, 15) is 29.4 Å². The lowest BCUT2D eigenvalue weighted by atomic mass is 9.85. The van der Waals surface area contributed by atoms with Gasteiger partial charge in [0.2, 0.25) is 23.6 Å². The molecule has 332 valence electrons. The standard InChI is InChI=1S/C45H58N8O8S/c1-28-15-22-62-39(28)30-11-9-29(10-12-30)25-48-43(58)36-23-32(54)26-53(36)44(59)40(45(2,3)4)49-38(56)27-61-21-20-60-19-16-47-42(57)31-13-17-52(18-14-31)35-24-34(50-51-41(35)46)33-7-5-6-8-37(33)55/h5-12,15,22,24,31-32,36,40,54-55H,13-14,16-21,23,25-27H2,1-4H3,(H2,46,51)(H,47,57)(H,48,58)(H,49,56)/t32-,36+,40-/m1/s1. The van der Waals surface area contributed by atoms with Crippen LogP contribution in [0, 0.1) is 18.3 Å². The van der Waals surface area contributed by atoms with Crippen LogP contribution in [0.25, 0.3) is 21.7 Å². The maximum Gasteiger partial charge on any atom is 0.246 e. The Bertz CT molecular complexity index is 2170. The van der Waals surface area contributed by atoms with E-state index in [1.807, 2.05) is 57.2 Å². The molecule has 6 rings (SSSR count). The van der Waals surface area contributed by atoms with Gasteiger partial charge in [-0.25, -0.2) is 0 Å². The zero-order chi connectivity index (χ0) is 44.4. The molecule has 0 bridgehead atoms. The number of nitrogens with two attached hydrogens (primary N) is 1. The number of hydrogen-bond donors (Lipinski definition) is 6. The molecule has 2 aromatic carbocycles. The van der Waals surface area contributed by atoms with Gasteiger partial charge in [0.1, 0.15) is 24.4 Å². The number of ether oxygens (including phenoxy) is 2. The fraction of sp³-hybridized carbons (Fsp3) is 0.467. The van der Waals surface area contributed by atoms with Gasteiger partial charge < -0.3 is 51.2 Å². The molecule has 16 nitrogen and oxygen atoms in total. The Labute approximate surface area is 366 Å². The van der Waals surface area contributed by atoms with Gasteiger partial charge in [0, 0.05) is 55.5 Å². The third-order valence-corrected chi connectivity index (χ3v) is 12.2. The summed E-state index contributed by atoms with van der Waals surface area (Å²) in [4.78, 5) is 57.9. The summed E-state index contributed by atoms with van der Waals surface area (Å²) in [5.74, 6) is -1.17. The molecule has 2 aliphatic heterocycles. The van der Waals surface area contributed by atoms with E-state index < -0.39 is 35.4 Å². The number of aromatic hydroxyl groups is 1. The number of β-amino-alcohol motifs (C(OH)–C–C–N with tert-alkyl or cyclic N) is 1. The first-order valence-corrected chi connectivity index (χ1v) is 21.9. The van der Waals surface area contributed by atoms with Gasteiger partial charge in [-0.3, -0.25) is 19.2 Å². The number of nitrogens with one attached hydrogen (secondary N) is 3. The van der Waals surface area contributed by atoms with Crippen molar-refractivity contribution in [3.05, 3.63) is 77.2 Å². The topological polar surface area (TPSA) is 222 Å². The van der Waals surface area contributed by atoms with E-state index >= 15 is 0 Å². The number of carbonyl (C=O) groups excluding carboxylic acids is 4. The predicted octanol–water partition coefficient (Wildman–Crippen LogP) is 3.64. The summed E-state index contributed by atoms with van der Waals surface area (Å²) in [6.45, 7) is 9.54. The summed E-state index contributed by atoms with van der Waals surface area (Å²) in [7, 11) is 0. The predicted molar refractivity (Wildman–Crippen MR) is 237 cm³/mol. The number of aromatic nitrogens is 2. The van der Waals surface area contributed by atoms with Gasteiger partial charge in [-0.1, -0.05) is 57.2 Å². The van der Waals surface area contributed by atoms with Crippen molar-refractivity contribution < 1.29 is 38.9 Å². The number of anilines is 2. The number of carbonyl (C=O) groups is 4. The summed E-state index contributed by atoms with van der Waals surface area (Å²) < 4.78 is 11.1. The Hall–Kier alpha value is -5.62. The molecule has 4 amide bonds. The van der Waals surface area contributed by atoms with Crippen molar-refractivity contribution in [1.82, 2.24) is 31.0 Å². The van der Waals surface area contributed by atoms with Crippen molar-refractivity contribution in [3.8, 4) is 27.4 Å². The highest BCUT2D eigenvalue weighted by Crippen LogP contribution is 2.34. The van der Waals surface area contributed by atoms with E-state index in [1.165, 1.54) is 15.3 Å². The smallest absolute Gasteiger partial charge is 0.246 e. The molecule has 2 aromatic heterocycles. The molecule has 4 aromatic rings. The largest absolute Gasteiger partial charge is 0.507 e. The summed E-state index contributed by atoms with van der Waals surface area (Å²) >= 11 is 1.68. The van der Waals surface area contributed by atoms with Gasteiger partial charge in [-0.05, 0) is 71.5 Å². The zero-order valence-corrected chi connectivity index (χ0v) is 36.6. The summed E-state index contributed by atoms with van der Waals surface area (Å²) in [6, 6.07) is 16.9. The van der Waals surface area contributed by atoms with Crippen molar-refractivity contribution in [1.29, 1.82) is 0 Å². The molecule has 0 radical (unpaired) electrons. The van der Waals surface area contributed by atoms with Crippen molar-refractivity contribution in [2.75, 3.05) is 63.2 Å². The molecule has 2 saturated heterocycles. The van der Waals surface area contributed by atoms with Gasteiger partial charge in [0.05, 0.1) is 37.3 Å². The number of thiophene rings is 1. The number of piperidine rings is 1. The molecule has 4 heterocycles. The lowest BCUT2D eigenvalue weighted by Crippen LogP contribution is -2.58. The minimum Gasteiger partial charge on any atom is -0.507 e. The Morgan fingerprint density at radius 3 is 2.37 bits per heavy atom. The molecule has 0 spiro atoms. The number of rotatable bonds is 17. The number of amides is 4. The quantitative estimate of drug-likeness (QED) is 0.0838. The number of phenolic OH excluding ortho intramolecular Hbond substituents is 1. The second-order valence-corrected chi connectivity index (χ2v) is 17.8. The summed E-state index contributed by atoms with van der Waals surface area (Å²) in [5.41, 5.74) is 10.4. The number of hydrogen-bond acceptors (Lipinski definition) is 13. The zero-order valence-electron chi connectivity index (χ0n) is 35.8. The Morgan fingerprint density at radius 1 is 0.952 bits per heavy atom. The van der Waals surface area contributed by atoms with Crippen LogP contribution in [-0.2, 0) is 35.2 Å². The van der Waals surface area contributed by atoms with E-state index in [2.05, 4.69) is 49.4 Å². The first-order valence-electron chi connectivity index (χ1n) is 21.0. The van der Waals surface area contributed by atoms with E-state index in [4.69, 9.17) is 15.2 Å². The molecule has 2 fully saturated rings. The Balaban J connectivity index is 0.872. The van der Waals surface area contributed by atoms with Crippen LogP contribution in [-0.4, -0.2) is 120 Å². The Morgan fingerprint density at radius 2 is 1.68 bits per heavy atom. The molecule has 2 aliphatic rings. The Kier molecular flexibility index (Phi) is 15.5. The lowest BCUT2D eigenvalue weighted by Gasteiger charge is -2.35. The molecular weight excluding hydrogens is 813 g/mol. The van der Waals surface area contributed by atoms with Crippen LogP contribution in [0.15, 0.2) is 66.0 Å². The van der Waals surface area contributed by atoms with E-state index in [0.29, 0.717) is 49.4 Å². The monoisotopic (exact) mass is 870 g/mol. The van der Waals surface area contributed by atoms with Crippen molar-refractivity contribution in [2.24, 2.45) is 11.3 Å². The van der Waals surface area contributed by atoms with Gasteiger partial charge in [-0.2, -0.15) is 0 Å². The van der Waals surface area contributed by atoms with Gasteiger partial charge >= 0.3 is 0 Å². The SMILES string of the molecule is Cc1ccsc1-c1ccc(CNC(=O)[C@@H]2C[C@@H](O)CN2C(=O)[C@@H](NC(=O)COCCOCCNC(=O)C2CCN(c3cc(-c4ccccc4O)nnc3N)CC2)C(C)(C)C)cc1. The van der Waals surface area contributed by atoms with Crippen molar-refractivity contribution in [3.63, 3.8) is 0 Å². The molecule has 0 aliphatic carbocycles. The van der Waals surface area contributed by atoms with E-state index in [0.717, 1.165) is 11.1 Å². The first kappa shape index (κ1) is 45.9. The van der Waals surface area contributed by atoms with E-state index in [1.54, 1.807) is 29.5 Å². The van der Waals surface area contributed by atoms with Crippen molar-refractivity contribution >= 4 is 46.5 Å². The highest BCUT2D eigenvalue weighted by atomic mass is 32.1. The molecule has 3 atom stereocenters. The molecule has 7 N–H and O–H groups in total. The molecule has 0 unspecified atom stereocenters. The number of phenols is 1. The third kappa shape index (κ3) is 11.8. The fourth-order valence-corrected chi connectivity index (χ4v) is 8.63. The number of likely N-dealkylation sites (tertiary alicyclic amines) is 1. The summed E-state index contributed by atoms with van der Waals surface area (Å²) in [6.07, 6.45) is 0.467. The number of aliphatic hydroxyl groups is 1. The highest BCUT2D eigenvalue weighted by molar-refractivity contribution is 7.13. The third-order valence-electron chi connectivity index (χ3n) is 11.2. The average Bonchev–Trinajstić information content (AvgIpc) is 3.87. The van der Waals surface area contributed by atoms with Crippen LogP contribution >= 0.6 is 11.3 Å². The highest BCUT2D eigenvalue weighted by Gasteiger charge is 2.44. The second-order valence-electron chi connectivity index (χ2n) is 16.8. The number of aryl methyl sites for hydroxylation is 1. The number of nitrogen functional groups attached to an aromatic ring is 1. The van der Waals surface area contributed by atoms with Crippen LogP contribution in [0.5, 0.6) is 5.75 Å². The fourth-order valence-electron chi connectivity index (χ4n) is 7.70. The van der Waals surface area contributed by atoms with Gasteiger partial charge in [-0.15, -0.1) is 21.5 Å². The number of benzene rings is 2. The molecule has 17 heteroatoms. The molecule has 0 saturated carbocycles. The van der Waals surface area contributed by atoms with Crippen molar-refractivity contribution in [2.45, 2.75) is 71.7 Å². The first-order chi connectivity index (χ1) is 29.7. The lowest BCUT2D eigenvalue weighted by molar-refractivity contribution is -0.144. The van der Waals surface area contributed by atoms with Gasteiger partial charge in [0.25, 0.3) is 0 Å². The number of aliphatic hydroxyl groups excluding tert-OH is 1. The molecular formula is C45H58N8O8S. The second kappa shape index (κ2) is 21.0. The van der Waals surface area contributed by atoms with Crippen LogP contribution in [0.3, 0.4) is 0 Å². The normalized spacial score (nSPS) is 17.4. The number of nitrogens with zero attached hydrogens (tertiary/aromatic N) is 4. The van der Waals surface area contributed by atoms with Crippen LogP contribution in [0.4, 0.5) is 11.5 Å². The van der Waals surface area contributed by atoms with Crippen LogP contribution in [0.2, 0.25) is 0 Å². The van der Waals surface area contributed by atoms with E-state index in [-0.39, 0.29) is 75.2 Å². The summed E-state index contributed by atoms with van der Waals surface area (Å²) in [5, 5.41) is 39.7.